The zero-order valence-corrected chi connectivity index (χ0v) is 16.2. The average Bonchev–Trinajstić information content (AvgIpc) is 2.52. The van der Waals surface area contributed by atoms with Crippen LogP contribution in [0.4, 0.5) is 10.5 Å². The van der Waals surface area contributed by atoms with Crippen LogP contribution in [0.5, 0.6) is 5.88 Å². The van der Waals surface area contributed by atoms with Crippen LogP contribution in [0.15, 0.2) is 16.7 Å². The lowest BCUT2D eigenvalue weighted by atomic mass is 10.3. The molecule has 25 heavy (non-hydrogen) atoms. The lowest BCUT2D eigenvalue weighted by Gasteiger charge is -2.32. The van der Waals surface area contributed by atoms with Gasteiger partial charge in [-0.05, 0) is 28.4 Å². The third kappa shape index (κ3) is 6.67. The molecule has 2 rings (SSSR count). The Kier molecular flexibility index (Phi) is 6.85. The number of carboxylic acid groups (broad SMARTS) is 1. The summed E-state index contributed by atoms with van der Waals surface area (Å²) < 4.78 is 31.4. The lowest BCUT2D eigenvalue weighted by molar-refractivity contribution is 0.103. The summed E-state index contributed by atoms with van der Waals surface area (Å²) in [6, 6.07) is 1.59. The molecule has 2 heterocycles. The van der Waals surface area contributed by atoms with Crippen LogP contribution in [0, 0.1) is 0 Å². The Morgan fingerprint density at radius 3 is 2.68 bits per heavy atom. The normalized spacial score (nSPS) is 15.8. The van der Waals surface area contributed by atoms with E-state index in [0.29, 0.717) is 37.3 Å². The molecule has 1 saturated heterocycles. The molecule has 1 aliphatic rings. The fraction of sp³-hybridized carbons (Fsp3) is 0.571. The predicted molar refractivity (Wildman–Crippen MR) is 96.6 cm³/mol. The molecule has 9 nitrogen and oxygen atoms in total. The highest BCUT2D eigenvalue weighted by atomic mass is 79.9. The number of rotatable bonds is 7. The number of nitrogens with zero attached hydrogens (tertiary/aromatic N) is 3. The summed E-state index contributed by atoms with van der Waals surface area (Å²) in [4.78, 5) is 18.5. The van der Waals surface area contributed by atoms with Crippen LogP contribution >= 0.6 is 15.9 Å². The maximum Gasteiger partial charge on any atom is 0.407 e. The van der Waals surface area contributed by atoms with Gasteiger partial charge >= 0.3 is 6.09 Å². The van der Waals surface area contributed by atoms with Gasteiger partial charge in [-0.15, -0.1) is 0 Å². The Labute approximate surface area is 155 Å². The van der Waals surface area contributed by atoms with E-state index >= 15 is 0 Å². The Balaban J connectivity index is 1.79. The fourth-order valence-corrected chi connectivity index (χ4v) is 3.31. The SMILES string of the molecule is CS(=O)(=O)Nc1cc(Br)cnc1OCCCN1CCN(C(=O)O)CC1. The molecule has 1 aliphatic heterocycles. The summed E-state index contributed by atoms with van der Waals surface area (Å²) in [7, 11) is -3.43. The van der Waals surface area contributed by atoms with E-state index < -0.39 is 16.1 Å². The number of aromatic nitrogens is 1. The summed E-state index contributed by atoms with van der Waals surface area (Å²) in [6.07, 6.45) is 2.45. The van der Waals surface area contributed by atoms with Crippen molar-refractivity contribution < 1.29 is 23.1 Å². The summed E-state index contributed by atoms with van der Waals surface area (Å²) >= 11 is 3.25. The highest BCUT2D eigenvalue weighted by molar-refractivity contribution is 9.10. The van der Waals surface area contributed by atoms with Gasteiger partial charge in [0.15, 0.2) is 0 Å². The first-order valence-corrected chi connectivity index (χ1v) is 10.4. The first-order valence-electron chi connectivity index (χ1n) is 7.71. The smallest absolute Gasteiger partial charge is 0.407 e. The quantitative estimate of drug-likeness (QED) is 0.618. The number of hydrogen-bond donors (Lipinski definition) is 2. The number of sulfonamides is 1. The topological polar surface area (TPSA) is 112 Å². The monoisotopic (exact) mass is 436 g/mol. The van der Waals surface area contributed by atoms with Crippen LogP contribution in [-0.4, -0.2) is 80.0 Å². The van der Waals surface area contributed by atoms with E-state index in [1.54, 1.807) is 6.07 Å². The zero-order valence-electron chi connectivity index (χ0n) is 13.8. The van der Waals surface area contributed by atoms with Gasteiger partial charge < -0.3 is 14.7 Å². The van der Waals surface area contributed by atoms with Crippen LogP contribution < -0.4 is 9.46 Å². The minimum atomic E-state index is -3.43. The summed E-state index contributed by atoms with van der Waals surface area (Å²) in [6.45, 7) is 3.57. The molecular weight excluding hydrogens is 416 g/mol. The molecule has 11 heteroatoms. The number of anilines is 1. The van der Waals surface area contributed by atoms with E-state index in [-0.39, 0.29) is 11.6 Å². The molecule has 2 N–H and O–H groups in total. The van der Waals surface area contributed by atoms with Crippen LogP contribution in [0.1, 0.15) is 6.42 Å². The van der Waals surface area contributed by atoms with E-state index in [9.17, 15) is 13.2 Å². The molecule has 0 aliphatic carbocycles. The number of carbonyl (C=O) groups is 1. The second-order valence-corrected chi connectivity index (χ2v) is 8.36. The molecule has 0 atom stereocenters. The standard InChI is InChI=1S/C14H21BrN4O5S/c1-25(22,23)17-12-9-11(15)10-16-13(12)24-8-2-3-18-4-6-19(7-5-18)14(20)21/h9-10,17H,2-8H2,1H3,(H,20,21). The zero-order chi connectivity index (χ0) is 18.4. The first kappa shape index (κ1) is 19.7. The van der Waals surface area contributed by atoms with Crippen LogP contribution in [0.2, 0.25) is 0 Å². The fourth-order valence-electron chi connectivity index (χ4n) is 2.43. The van der Waals surface area contributed by atoms with Crippen molar-refractivity contribution in [1.82, 2.24) is 14.8 Å². The minimum absolute atomic E-state index is 0.226. The first-order chi connectivity index (χ1) is 11.7. The van der Waals surface area contributed by atoms with Gasteiger partial charge in [0.25, 0.3) is 0 Å². The van der Waals surface area contributed by atoms with E-state index in [4.69, 9.17) is 9.84 Å². The van der Waals surface area contributed by atoms with Crippen molar-refractivity contribution >= 4 is 37.7 Å². The van der Waals surface area contributed by atoms with Crippen LogP contribution in [0.3, 0.4) is 0 Å². The van der Waals surface area contributed by atoms with Crippen LogP contribution in [0.25, 0.3) is 0 Å². The maximum atomic E-state index is 11.4. The molecule has 1 amide bonds. The molecule has 1 aromatic heterocycles. The van der Waals surface area contributed by atoms with Gasteiger partial charge in [0.1, 0.15) is 5.69 Å². The Morgan fingerprint density at radius 1 is 1.40 bits per heavy atom. The van der Waals surface area contributed by atoms with Crippen molar-refractivity contribution in [2.75, 3.05) is 50.3 Å². The maximum absolute atomic E-state index is 11.4. The third-order valence-corrected chi connectivity index (χ3v) is 4.64. The van der Waals surface area contributed by atoms with Gasteiger partial charge in [-0.1, -0.05) is 0 Å². The second-order valence-electron chi connectivity index (χ2n) is 5.69. The van der Waals surface area contributed by atoms with Gasteiger partial charge in [-0.2, -0.15) is 0 Å². The van der Waals surface area contributed by atoms with Gasteiger partial charge in [0.2, 0.25) is 15.9 Å². The number of nitrogens with one attached hydrogen (secondary N) is 1. The minimum Gasteiger partial charge on any atom is -0.476 e. The third-order valence-electron chi connectivity index (χ3n) is 3.61. The Bertz CT molecular complexity index is 707. The molecule has 0 bridgehead atoms. The van der Waals surface area contributed by atoms with E-state index in [2.05, 4.69) is 30.5 Å². The molecule has 0 radical (unpaired) electrons. The van der Waals surface area contributed by atoms with Crippen molar-refractivity contribution in [2.45, 2.75) is 6.42 Å². The molecule has 1 fully saturated rings. The highest BCUT2D eigenvalue weighted by Crippen LogP contribution is 2.26. The van der Waals surface area contributed by atoms with Crippen molar-refractivity contribution in [2.24, 2.45) is 0 Å². The molecule has 140 valence electrons. The average molecular weight is 437 g/mol. The Morgan fingerprint density at radius 2 is 2.08 bits per heavy atom. The number of pyridine rings is 1. The van der Waals surface area contributed by atoms with Gasteiger partial charge in [-0.3, -0.25) is 9.62 Å². The molecular formula is C14H21BrN4O5S. The predicted octanol–water partition coefficient (Wildman–Crippen LogP) is 1.28. The molecule has 0 saturated carbocycles. The van der Waals surface area contributed by atoms with Crippen molar-refractivity contribution in [3.8, 4) is 5.88 Å². The molecule has 0 spiro atoms. The molecule has 0 unspecified atom stereocenters. The number of ether oxygens (including phenoxy) is 1. The summed E-state index contributed by atoms with van der Waals surface area (Å²) in [5.41, 5.74) is 0.284. The van der Waals surface area contributed by atoms with E-state index in [1.807, 2.05) is 0 Å². The van der Waals surface area contributed by atoms with Gasteiger partial charge in [0, 0.05) is 43.4 Å². The van der Waals surface area contributed by atoms with Crippen molar-refractivity contribution in [3.05, 3.63) is 16.7 Å². The van der Waals surface area contributed by atoms with Gasteiger partial charge in [0.05, 0.1) is 12.9 Å². The largest absolute Gasteiger partial charge is 0.476 e. The van der Waals surface area contributed by atoms with Crippen LogP contribution in [-0.2, 0) is 10.0 Å². The number of hydrogen-bond acceptors (Lipinski definition) is 6. The number of amides is 1. The highest BCUT2D eigenvalue weighted by Gasteiger charge is 2.19. The summed E-state index contributed by atoms with van der Waals surface area (Å²) in [5, 5.41) is 8.92. The van der Waals surface area contributed by atoms with E-state index in [0.717, 1.165) is 19.2 Å². The van der Waals surface area contributed by atoms with Crippen molar-refractivity contribution in [3.63, 3.8) is 0 Å². The van der Waals surface area contributed by atoms with Gasteiger partial charge in [-0.25, -0.2) is 18.2 Å². The molecule has 1 aromatic rings. The van der Waals surface area contributed by atoms with Crippen molar-refractivity contribution in [1.29, 1.82) is 0 Å². The Hall–Kier alpha value is -1.59. The second kappa shape index (κ2) is 8.68. The number of halogens is 1. The lowest BCUT2D eigenvalue weighted by Crippen LogP contribution is -2.48. The summed E-state index contributed by atoms with van der Waals surface area (Å²) in [5.74, 6) is 0.226. The number of piperazine rings is 1. The van der Waals surface area contributed by atoms with E-state index in [1.165, 1.54) is 11.1 Å². The molecule has 0 aromatic carbocycles.